The van der Waals surface area contributed by atoms with Crippen molar-refractivity contribution in [2.45, 2.75) is 45.4 Å². The Balaban J connectivity index is 2.46. The van der Waals surface area contributed by atoms with Gasteiger partial charge in [0.05, 0.1) is 12.1 Å². The van der Waals surface area contributed by atoms with Crippen LogP contribution in [0.4, 0.5) is 5.69 Å². The molecule has 0 aliphatic carbocycles. The van der Waals surface area contributed by atoms with Crippen LogP contribution in [-0.4, -0.2) is 23.8 Å². The van der Waals surface area contributed by atoms with E-state index in [4.69, 9.17) is 0 Å². The van der Waals surface area contributed by atoms with Crippen molar-refractivity contribution in [3.63, 3.8) is 0 Å². The summed E-state index contributed by atoms with van der Waals surface area (Å²) in [6, 6.07) is 6.60. The smallest absolute Gasteiger partial charge is 0.234 e. The minimum absolute atomic E-state index is 0.0339. The molecule has 110 valence electrons. The number of nitrogens with zero attached hydrogens (tertiary/aromatic N) is 1. The number of hydrogen-bond acceptors (Lipinski definition) is 3. The third kappa shape index (κ3) is 5.03. The molecule has 1 amide bonds. The summed E-state index contributed by atoms with van der Waals surface area (Å²) in [6.45, 7) is 2.12. The lowest BCUT2D eigenvalue weighted by Crippen LogP contribution is -2.28. The standard InChI is InChI=1S/C16H23NO3/c1-3-4-5-6-9-13(18)12-16(20)17(2)14-10-7-8-11-15(14)19/h7-8,10-11,19H,3-6,9,12H2,1-2H3. The quantitative estimate of drug-likeness (QED) is 0.586. The number of benzene rings is 1. The van der Waals surface area contributed by atoms with Gasteiger partial charge < -0.3 is 10.0 Å². The minimum atomic E-state index is -0.285. The maximum Gasteiger partial charge on any atom is 0.234 e. The van der Waals surface area contributed by atoms with Crippen LogP contribution in [0, 0.1) is 0 Å². The molecule has 20 heavy (non-hydrogen) atoms. The molecule has 4 heteroatoms. The van der Waals surface area contributed by atoms with Gasteiger partial charge in [-0.05, 0) is 18.6 Å². The summed E-state index contributed by atoms with van der Waals surface area (Å²) < 4.78 is 0. The number of carbonyl (C=O) groups is 2. The monoisotopic (exact) mass is 277 g/mol. The Labute approximate surface area is 120 Å². The molecule has 1 aromatic rings. The number of amides is 1. The maximum atomic E-state index is 12.0. The molecule has 1 N–H and O–H groups in total. The number of para-hydroxylation sites is 2. The molecule has 0 unspecified atom stereocenters. The fraction of sp³-hybridized carbons (Fsp3) is 0.500. The first kappa shape index (κ1) is 16.2. The SMILES string of the molecule is CCCCCCC(=O)CC(=O)N(C)c1ccccc1O. The first-order chi connectivity index (χ1) is 9.56. The van der Waals surface area contributed by atoms with Crippen molar-refractivity contribution in [2.75, 3.05) is 11.9 Å². The number of anilines is 1. The van der Waals surface area contributed by atoms with E-state index in [2.05, 4.69) is 6.92 Å². The Morgan fingerprint density at radius 1 is 1.15 bits per heavy atom. The van der Waals surface area contributed by atoms with Crippen LogP contribution in [0.2, 0.25) is 0 Å². The lowest BCUT2D eigenvalue weighted by Gasteiger charge is -2.18. The lowest BCUT2D eigenvalue weighted by atomic mass is 10.1. The Hall–Kier alpha value is -1.84. The van der Waals surface area contributed by atoms with Crippen LogP contribution in [0.15, 0.2) is 24.3 Å². The zero-order valence-corrected chi connectivity index (χ0v) is 12.3. The molecule has 0 atom stereocenters. The predicted molar refractivity (Wildman–Crippen MR) is 79.9 cm³/mol. The molecular formula is C16H23NO3. The number of aromatic hydroxyl groups is 1. The van der Waals surface area contributed by atoms with Gasteiger partial charge in [0.2, 0.25) is 5.91 Å². The van der Waals surface area contributed by atoms with Crippen molar-refractivity contribution < 1.29 is 14.7 Å². The fourth-order valence-corrected chi connectivity index (χ4v) is 2.01. The molecule has 0 fully saturated rings. The van der Waals surface area contributed by atoms with Crippen LogP contribution in [0.5, 0.6) is 5.75 Å². The van der Waals surface area contributed by atoms with Gasteiger partial charge in [-0.1, -0.05) is 38.3 Å². The van der Waals surface area contributed by atoms with Gasteiger partial charge in [-0.15, -0.1) is 0 Å². The van der Waals surface area contributed by atoms with Crippen LogP contribution in [0.1, 0.15) is 45.4 Å². The molecule has 0 heterocycles. The number of carbonyl (C=O) groups excluding carboxylic acids is 2. The normalized spacial score (nSPS) is 10.3. The van der Waals surface area contributed by atoms with Crippen molar-refractivity contribution in [1.29, 1.82) is 0 Å². The second-order valence-electron chi connectivity index (χ2n) is 4.97. The molecule has 0 bridgehead atoms. The van der Waals surface area contributed by atoms with E-state index in [1.165, 1.54) is 11.0 Å². The Morgan fingerprint density at radius 3 is 2.50 bits per heavy atom. The lowest BCUT2D eigenvalue weighted by molar-refractivity contribution is -0.126. The van der Waals surface area contributed by atoms with Gasteiger partial charge in [-0.25, -0.2) is 0 Å². The van der Waals surface area contributed by atoms with Gasteiger partial charge in [-0.2, -0.15) is 0 Å². The first-order valence-electron chi connectivity index (χ1n) is 7.12. The zero-order valence-electron chi connectivity index (χ0n) is 12.3. The highest BCUT2D eigenvalue weighted by atomic mass is 16.3. The molecule has 4 nitrogen and oxygen atoms in total. The van der Waals surface area contributed by atoms with E-state index >= 15 is 0 Å². The number of rotatable bonds is 8. The number of phenolic OH excluding ortho intramolecular Hbond substituents is 1. The summed E-state index contributed by atoms with van der Waals surface area (Å²) >= 11 is 0. The van der Waals surface area contributed by atoms with Crippen molar-refractivity contribution in [3.8, 4) is 5.75 Å². The van der Waals surface area contributed by atoms with E-state index in [0.717, 1.165) is 25.7 Å². The summed E-state index contributed by atoms with van der Waals surface area (Å²) in [4.78, 5) is 25.0. The molecule has 1 rings (SSSR count). The average Bonchev–Trinajstić information content (AvgIpc) is 2.43. The highest BCUT2D eigenvalue weighted by Crippen LogP contribution is 2.25. The number of ketones is 1. The van der Waals surface area contributed by atoms with Crippen LogP contribution in [0.3, 0.4) is 0 Å². The summed E-state index contributed by atoms with van der Waals surface area (Å²) in [7, 11) is 1.57. The largest absolute Gasteiger partial charge is 0.506 e. The number of phenols is 1. The summed E-state index contributed by atoms with van der Waals surface area (Å²) in [5.41, 5.74) is 0.427. The summed E-state index contributed by atoms with van der Waals surface area (Å²) in [5.74, 6) is -0.279. The van der Waals surface area contributed by atoms with Crippen molar-refractivity contribution >= 4 is 17.4 Å². The van der Waals surface area contributed by atoms with Crippen LogP contribution in [-0.2, 0) is 9.59 Å². The Morgan fingerprint density at radius 2 is 1.85 bits per heavy atom. The zero-order chi connectivity index (χ0) is 15.0. The molecule has 0 aromatic heterocycles. The van der Waals surface area contributed by atoms with E-state index in [-0.39, 0.29) is 23.9 Å². The van der Waals surface area contributed by atoms with Gasteiger partial charge in [0.25, 0.3) is 0 Å². The van der Waals surface area contributed by atoms with E-state index in [1.807, 2.05) is 0 Å². The van der Waals surface area contributed by atoms with E-state index < -0.39 is 0 Å². The van der Waals surface area contributed by atoms with Crippen molar-refractivity contribution in [2.24, 2.45) is 0 Å². The van der Waals surface area contributed by atoms with E-state index in [9.17, 15) is 14.7 Å². The van der Waals surface area contributed by atoms with Crippen LogP contribution in [0.25, 0.3) is 0 Å². The van der Waals surface area contributed by atoms with Gasteiger partial charge in [0, 0.05) is 13.5 Å². The van der Waals surface area contributed by atoms with Crippen LogP contribution < -0.4 is 4.90 Å². The molecule has 0 radical (unpaired) electrons. The minimum Gasteiger partial charge on any atom is -0.506 e. The molecule has 0 saturated carbocycles. The molecule has 0 aliphatic rings. The second kappa shape index (κ2) is 8.35. The average molecular weight is 277 g/mol. The van der Waals surface area contributed by atoms with E-state index in [0.29, 0.717) is 12.1 Å². The number of unbranched alkanes of at least 4 members (excludes halogenated alkanes) is 3. The van der Waals surface area contributed by atoms with Crippen LogP contribution >= 0.6 is 0 Å². The molecule has 0 saturated heterocycles. The van der Waals surface area contributed by atoms with Crippen molar-refractivity contribution in [3.05, 3.63) is 24.3 Å². The molecule has 0 spiro atoms. The maximum absolute atomic E-state index is 12.0. The first-order valence-corrected chi connectivity index (χ1v) is 7.12. The molecule has 0 aliphatic heterocycles. The van der Waals surface area contributed by atoms with Crippen molar-refractivity contribution in [1.82, 2.24) is 0 Å². The van der Waals surface area contributed by atoms with E-state index in [1.54, 1.807) is 25.2 Å². The summed E-state index contributed by atoms with van der Waals surface area (Å²) in [6.07, 6.45) is 4.49. The predicted octanol–water partition coefficient (Wildman–Crippen LogP) is 3.28. The number of hydrogen-bond donors (Lipinski definition) is 1. The summed E-state index contributed by atoms with van der Waals surface area (Å²) in [5, 5.41) is 9.69. The molecule has 1 aromatic carbocycles. The van der Waals surface area contributed by atoms with Gasteiger partial charge in [0.15, 0.2) is 0 Å². The Bertz CT molecular complexity index is 457. The number of Topliss-reactive ketones (excluding diaryl/α,β-unsaturated/α-hetero) is 1. The van der Waals surface area contributed by atoms with Gasteiger partial charge >= 0.3 is 0 Å². The topological polar surface area (TPSA) is 57.6 Å². The molecular weight excluding hydrogens is 254 g/mol. The second-order valence-corrected chi connectivity index (χ2v) is 4.97. The fourth-order valence-electron chi connectivity index (χ4n) is 2.01. The third-order valence-electron chi connectivity index (χ3n) is 3.27. The third-order valence-corrected chi connectivity index (χ3v) is 3.27. The van der Waals surface area contributed by atoms with Gasteiger partial charge in [-0.3, -0.25) is 9.59 Å². The highest BCUT2D eigenvalue weighted by Gasteiger charge is 2.17. The highest BCUT2D eigenvalue weighted by molar-refractivity contribution is 6.05. The Kier molecular flexibility index (Phi) is 6.77. The van der Waals surface area contributed by atoms with Gasteiger partial charge in [0.1, 0.15) is 11.5 Å².